The number of halogens is 1. The van der Waals surface area contributed by atoms with E-state index in [-0.39, 0.29) is 6.04 Å². The molecule has 0 spiro atoms. The van der Waals surface area contributed by atoms with Gasteiger partial charge in [-0.15, -0.1) is 0 Å². The van der Waals surface area contributed by atoms with E-state index in [1.807, 2.05) is 13.8 Å². The van der Waals surface area contributed by atoms with Crippen molar-refractivity contribution in [2.24, 2.45) is 0 Å². The molecule has 0 bridgehead atoms. The molecule has 0 aromatic heterocycles. The Morgan fingerprint density at radius 2 is 1.88 bits per heavy atom. The standard InChI is InChI=1S/C11H16INO2S/c1-3-4-9(2)13-16(14,15)11-7-5-10(12)6-8-11/h5-9,13H,3-4H2,1-2H3. The average molecular weight is 353 g/mol. The Balaban J connectivity index is 2.82. The summed E-state index contributed by atoms with van der Waals surface area (Å²) in [5.41, 5.74) is 0. The fraction of sp³-hybridized carbons (Fsp3) is 0.455. The van der Waals surface area contributed by atoms with Gasteiger partial charge in [-0.1, -0.05) is 13.3 Å². The van der Waals surface area contributed by atoms with Gasteiger partial charge in [-0.05, 0) is 60.2 Å². The molecule has 0 aliphatic carbocycles. The first kappa shape index (κ1) is 13.9. The van der Waals surface area contributed by atoms with Crippen molar-refractivity contribution in [1.29, 1.82) is 0 Å². The van der Waals surface area contributed by atoms with E-state index in [0.717, 1.165) is 16.4 Å². The molecule has 0 aliphatic heterocycles. The summed E-state index contributed by atoms with van der Waals surface area (Å²) in [6.07, 6.45) is 1.82. The van der Waals surface area contributed by atoms with Crippen LogP contribution in [0.5, 0.6) is 0 Å². The molecule has 1 aromatic rings. The van der Waals surface area contributed by atoms with Gasteiger partial charge in [0.15, 0.2) is 0 Å². The lowest BCUT2D eigenvalue weighted by molar-refractivity contribution is 0.544. The first-order chi connectivity index (χ1) is 7.45. The highest BCUT2D eigenvalue weighted by Gasteiger charge is 2.16. The topological polar surface area (TPSA) is 46.2 Å². The zero-order valence-electron chi connectivity index (χ0n) is 9.40. The highest BCUT2D eigenvalue weighted by molar-refractivity contribution is 14.1. The maximum atomic E-state index is 11.9. The summed E-state index contributed by atoms with van der Waals surface area (Å²) in [6, 6.07) is 6.82. The molecule has 16 heavy (non-hydrogen) atoms. The Hall–Kier alpha value is -0.140. The van der Waals surface area contributed by atoms with Gasteiger partial charge in [0.1, 0.15) is 0 Å². The monoisotopic (exact) mass is 353 g/mol. The van der Waals surface area contributed by atoms with E-state index in [1.165, 1.54) is 0 Å². The molecule has 1 atom stereocenters. The van der Waals surface area contributed by atoms with Gasteiger partial charge >= 0.3 is 0 Å². The average Bonchev–Trinajstić information content (AvgIpc) is 2.17. The molecule has 1 aromatic carbocycles. The Bertz CT molecular complexity index is 428. The highest BCUT2D eigenvalue weighted by atomic mass is 127. The summed E-state index contributed by atoms with van der Waals surface area (Å²) in [7, 11) is -3.35. The summed E-state index contributed by atoms with van der Waals surface area (Å²) in [5.74, 6) is 0. The third kappa shape index (κ3) is 4.03. The van der Waals surface area contributed by atoms with Gasteiger partial charge in [-0.3, -0.25) is 0 Å². The molecular formula is C11H16INO2S. The van der Waals surface area contributed by atoms with Crippen molar-refractivity contribution in [3.63, 3.8) is 0 Å². The Labute approximate surface area is 111 Å². The first-order valence-electron chi connectivity index (χ1n) is 5.23. The fourth-order valence-electron chi connectivity index (χ4n) is 1.44. The lowest BCUT2D eigenvalue weighted by Gasteiger charge is -2.13. The summed E-state index contributed by atoms with van der Waals surface area (Å²) in [6.45, 7) is 3.92. The van der Waals surface area contributed by atoms with Crippen LogP contribution < -0.4 is 4.72 Å². The van der Waals surface area contributed by atoms with E-state index in [2.05, 4.69) is 27.3 Å². The van der Waals surface area contributed by atoms with Crippen molar-refractivity contribution < 1.29 is 8.42 Å². The minimum absolute atomic E-state index is 0.0192. The summed E-state index contributed by atoms with van der Waals surface area (Å²) >= 11 is 2.15. The zero-order chi connectivity index (χ0) is 12.2. The van der Waals surface area contributed by atoms with Crippen molar-refractivity contribution in [2.45, 2.75) is 37.6 Å². The predicted molar refractivity (Wildman–Crippen MR) is 73.9 cm³/mol. The molecule has 0 fully saturated rings. The maximum Gasteiger partial charge on any atom is 0.240 e. The van der Waals surface area contributed by atoms with Crippen LogP contribution in [0.2, 0.25) is 0 Å². The van der Waals surface area contributed by atoms with E-state index < -0.39 is 10.0 Å². The number of hydrogen-bond acceptors (Lipinski definition) is 2. The van der Waals surface area contributed by atoms with Gasteiger partial charge in [0.2, 0.25) is 10.0 Å². The molecule has 0 saturated carbocycles. The molecule has 1 rings (SSSR count). The van der Waals surface area contributed by atoms with Gasteiger partial charge in [0.25, 0.3) is 0 Å². The van der Waals surface area contributed by atoms with Gasteiger partial charge in [-0.25, -0.2) is 13.1 Å². The maximum absolute atomic E-state index is 11.9. The molecule has 5 heteroatoms. The number of nitrogens with one attached hydrogen (secondary N) is 1. The van der Waals surface area contributed by atoms with Crippen LogP contribution in [0, 0.1) is 3.57 Å². The van der Waals surface area contributed by atoms with Crippen LogP contribution >= 0.6 is 22.6 Å². The molecule has 1 unspecified atom stereocenters. The molecular weight excluding hydrogens is 337 g/mol. The van der Waals surface area contributed by atoms with Gasteiger partial charge in [-0.2, -0.15) is 0 Å². The minimum atomic E-state index is -3.35. The Morgan fingerprint density at radius 3 is 2.38 bits per heavy atom. The molecule has 0 amide bonds. The van der Waals surface area contributed by atoms with E-state index in [4.69, 9.17) is 0 Å². The molecule has 90 valence electrons. The lowest BCUT2D eigenvalue weighted by Crippen LogP contribution is -2.32. The molecule has 0 aliphatic rings. The molecule has 0 saturated heterocycles. The first-order valence-corrected chi connectivity index (χ1v) is 7.80. The van der Waals surface area contributed by atoms with E-state index in [1.54, 1.807) is 24.3 Å². The van der Waals surface area contributed by atoms with Crippen molar-refractivity contribution in [2.75, 3.05) is 0 Å². The zero-order valence-corrected chi connectivity index (χ0v) is 12.4. The second-order valence-corrected chi connectivity index (χ2v) is 6.72. The smallest absolute Gasteiger partial charge is 0.208 e. The third-order valence-electron chi connectivity index (χ3n) is 2.20. The van der Waals surface area contributed by atoms with Crippen LogP contribution in [-0.2, 0) is 10.0 Å². The van der Waals surface area contributed by atoms with E-state index in [0.29, 0.717) is 4.90 Å². The Kier molecular flexibility index (Phi) is 5.20. The molecule has 1 N–H and O–H groups in total. The van der Waals surface area contributed by atoms with E-state index in [9.17, 15) is 8.42 Å². The second kappa shape index (κ2) is 5.97. The van der Waals surface area contributed by atoms with Crippen LogP contribution in [0.15, 0.2) is 29.2 Å². The quantitative estimate of drug-likeness (QED) is 0.828. The number of sulfonamides is 1. The summed E-state index contributed by atoms with van der Waals surface area (Å²) in [4.78, 5) is 0.330. The van der Waals surface area contributed by atoms with Crippen LogP contribution in [0.3, 0.4) is 0 Å². The van der Waals surface area contributed by atoms with Crippen LogP contribution in [-0.4, -0.2) is 14.5 Å². The summed E-state index contributed by atoms with van der Waals surface area (Å²) < 4.78 is 27.5. The predicted octanol–water partition coefficient (Wildman–Crippen LogP) is 2.76. The van der Waals surface area contributed by atoms with Gasteiger partial charge < -0.3 is 0 Å². The number of rotatable bonds is 5. The van der Waals surface area contributed by atoms with Crippen LogP contribution in [0.25, 0.3) is 0 Å². The normalized spacial score (nSPS) is 13.7. The van der Waals surface area contributed by atoms with Crippen molar-refractivity contribution >= 4 is 32.6 Å². The molecule has 0 heterocycles. The van der Waals surface area contributed by atoms with Crippen LogP contribution in [0.4, 0.5) is 0 Å². The SMILES string of the molecule is CCCC(C)NS(=O)(=O)c1ccc(I)cc1. The van der Waals surface area contributed by atoms with Crippen molar-refractivity contribution in [3.8, 4) is 0 Å². The van der Waals surface area contributed by atoms with Crippen molar-refractivity contribution in [3.05, 3.63) is 27.8 Å². The lowest BCUT2D eigenvalue weighted by atomic mass is 10.2. The van der Waals surface area contributed by atoms with Crippen LogP contribution in [0.1, 0.15) is 26.7 Å². The minimum Gasteiger partial charge on any atom is -0.208 e. The van der Waals surface area contributed by atoms with Gasteiger partial charge in [0, 0.05) is 9.61 Å². The Morgan fingerprint density at radius 1 is 1.31 bits per heavy atom. The number of hydrogen-bond donors (Lipinski definition) is 1. The highest BCUT2D eigenvalue weighted by Crippen LogP contribution is 2.13. The third-order valence-corrected chi connectivity index (χ3v) is 4.53. The summed E-state index contributed by atoms with van der Waals surface area (Å²) in [5, 5.41) is 0. The molecule has 3 nitrogen and oxygen atoms in total. The fourth-order valence-corrected chi connectivity index (χ4v) is 3.08. The second-order valence-electron chi connectivity index (χ2n) is 3.76. The number of benzene rings is 1. The van der Waals surface area contributed by atoms with E-state index >= 15 is 0 Å². The van der Waals surface area contributed by atoms with Gasteiger partial charge in [0.05, 0.1) is 4.90 Å². The van der Waals surface area contributed by atoms with Crippen molar-refractivity contribution in [1.82, 2.24) is 4.72 Å². The largest absolute Gasteiger partial charge is 0.240 e. The molecule has 0 radical (unpaired) electrons.